The molecule has 2 aromatic heterocycles. The zero-order valence-corrected chi connectivity index (χ0v) is 29.9. The second-order valence-electron chi connectivity index (χ2n) is 11.4. The van der Waals surface area contributed by atoms with Crippen LogP contribution in [-0.4, -0.2) is 79.8 Å². The molecule has 0 unspecified atom stereocenters. The fourth-order valence-electron chi connectivity index (χ4n) is 5.41. The van der Waals surface area contributed by atoms with E-state index in [1.54, 1.807) is 55.6 Å². The molecule has 0 fully saturated rings. The van der Waals surface area contributed by atoms with Gasteiger partial charge in [-0.15, -0.1) is 10.2 Å². The number of benzene rings is 4. The molecule has 1 atom stereocenters. The van der Waals surface area contributed by atoms with Crippen molar-refractivity contribution in [2.24, 2.45) is 5.73 Å². The Morgan fingerprint density at radius 1 is 0.902 bits per heavy atom. The van der Waals surface area contributed by atoms with Crippen LogP contribution in [0.15, 0.2) is 88.7 Å². The summed E-state index contributed by atoms with van der Waals surface area (Å²) in [7, 11) is -6.11. The molecule has 51 heavy (non-hydrogen) atoms. The number of tetrazole rings is 1. The van der Waals surface area contributed by atoms with Crippen molar-refractivity contribution in [3.05, 3.63) is 90.0 Å². The van der Waals surface area contributed by atoms with Gasteiger partial charge >= 0.3 is 0 Å². The lowest BCUT2D eigenvalue weighted by Gasteiger charge is -2.19. The maximum atomic E-state index is 14.5. The fraction of sp³-hybridized carbons (Fsp3) is 0.212. The van der Waals surface area contributed by atoms with Gasteiger partial charge in [0.25, 0.3) is 0 Å². The number of aromatic nitrogens is 5. The number of hydrogen-bond acceptors (Lipinski definition) is 14. The number of anilines is 1. The molecule has 0 aliphatic rings. The van der Waals surface area contributed by atoms with Crippen LogP contribution in [0, 0.1) is 0 Å². The molecule has 0 saturated heterocycles. The minimum atomic E-state index is -4.69. The Labute approximate surface area is 297 Å². The van der Waals surface area contributed by atoms with Crippen molar-refractivity contribution >= 4 is 46.5 Å². The van der Waals surface area contributed by atoms with E-state index in [0.717, 1.165) is 10.3 Å². The van der Waals surface area contributed by atoms with E-state index in [1.807, 2.05) is 18.2 Å². The smallest absolute Gasteiger partial charge is 0.242 e. The van der Waals surface area contributed by atoms with Crippen molar-refractivity contribution in [3.63, 3.8) is 0 Å². The van der Waals surface area contributed by atoms with Crippen molar-refractivity contribution in [1.29, 1.82) is 0 Å². The van der Waals surface area contributed by atoms with Crippen LogP contribution in [0.3, 0.4) is 0 Å². The number of nitrogens with two attached hydrogens (primary N) is 2. The van der Waals surface area contributed by atoms with Crippen LogP contribution in [0.5, 0.6) is 11.5 Å². The number of thiazole rings is 1. The highest BCUT2D eigenvalue weighted by atomic mass is 32.2. The summed E-state index contributed by atoms with van der Waals surface area (Å²) < 4.78 is 70.7. The molecule has 18 heteroatoms. The topological polar surface area (TPSA) is 228 Å². The summed E-state index contributed by atoms with van der Waals surface area (Å²) in [6.07, 6.45) is -1.46. The van der Waals surface area contributed by atoms with Crippen LogP contribution in [0.1, 0.15) is 11.1 Å². The molecule has 0 amide bonds. The predicted molar refractivity (Wildman–Crippen MR) is 193 cm³/mol. The molecular formula is C33H34N8O7S3. The van der Waals surface area contributed by atoms with Crippen molar-refractivity contribution in [2.45, 2.75) is 29.0 Å². The summed E-state index contributed by atoms with van der Waals surface area (Å²) in [6.45, 7) is -0.407. The molecule has 15 nitrogen and oxygen atoms in total. The minimum absolute atomic E-state index is 0.138. The summed E-state index contributed by atoms with van der Waals surface area (Å²) in [5.74, 6) is 0.227. The van der Waals surface area contributed by atoms with Gasteiger partial charge in [-0.3, -0.25) is 0 Å². The monoisotopic (exact) mass is 750 g/mol. The third-order valence-electron chi connectivity index (χ3n) is 7.92. The number of para-hydroxylation sites is 1. The molecule has 0 aliphatic heterocycles. The number of methoxy groups -OCH3 is 2. The van der Waals surface area contributed by atoms with Crippen molar-refractivity contribution < 1.29 is 31.4 Å². The van der Waals surface area contributed by atoms with Crippen LogP contribution in [0.4, 0.5) is 5.13 Å². The molecule has 4 aromatic carbocycles. The average molecular weight is 751 g/mol. The summed E-state index contributed by atoms with van der Waals surface area (Å²) in [4.78, 5) is 4.55. The van der Waals surface area contributed by atoms with Crippen LogP contribution >= 0.6 is 11.3 Å². The first-order valence-corrected chi connectivity index (χ1v) is 19.3. The van der Waals surface area contributed by atoms with Gasteiger partial charge in [0, 0.05) is 18.7 Å². The largest absolute Gasteiger partial charge is 0.497 e. The summed E-state index contributed by atoms with van der Waals surface area (Å²) >= 11 is 1.24. The SMILES string of the molecule is COc1ccc(CNS(=O)(=O)c2c(S(=O)(=O)C[C@@H](O)CN)ccc(-c3cccc4sc(N)nc34)c2-c2nnn(Cc3ccc(OC)cc3)n2)cc1. The molecule has 0 saturated carbocycles. The van der Waals surface area contributed by atoms with Crippen molar-refractivity contribution in [2.75, 3.05) is 32.3 Å². The van der Waals surface area contributed by atoms with Gasteiger partial charge in [0.1, 0.15) is 16.4 Å². The standard InChI is InChI=1S/C33H34N8O7S3/c1-47-23-10-6-20(7-11-23)17-36-51(45,46)31-28(50(43,44)19-22(42)16-34)15-14-25(26-4-3-5-27-30(26)37-33(35)49-27)29(31)32-38-40-41(39-32)18-21-8-12-24(48-2)13-9-21/h3-15,22,36,42H,16-19,34H2,1-2H3,(H2,35,37)/t22-/m0/s1. The Balaban J connectivity index is 1.58. The van der Waals surface area contributed by atoms with Gasteiger partial charge < -0.3 is 26.0 Å². The lowest BCUT2D eigenvalue weighted by molar-refractivity contribution is 0.205. The third kappa shape index (κ3) is 7.70. The summed E-state index contributed by atoms with van der Waals surface area (Å²) in [5.41, 5.74) is 14.1. The van der Waals surface area contributed by atoms with E-state index >= 15 is 0 Å². The van der Waals surface area contributed by atoms with Gasteiger partial charge in [0.2, 0.25) is 15.8 Å². The van der Waals surface area contributed by atoms with Crippen LogP contribution in [0.25, 0.3) is 32.7 Å². The Bertz CT molecular complexity index is 2400. The number of nitrogen functional groups attached to an aromatic ring is 1. The number of sulfonamides is 1. The minimum Gasteiger partial charge on any atom is -0.497 e. The van der Waals surface area contributed by atoms with E-state index in [9.17, 15) is 21.9 Å². The molecular weight excluding hydrogens is 717 g/mol. The second kappa shape index (κ2) is 14.7. The first-order chi connectivity index (χ1) is 24.4. The summed E-state index contributed by atoms with van der Waals surface area (Å²) in [5, 5.41) is 23.6. The normalized spacial score (nSPS) is 12.6. The lowest BCUT2D eigenvalue weighted by Crippen LogP contribution is -2.31. The van der Waals surface area contributed by atoms with E-state index in [1.165, 1.54) is 35.4 Å². The zero-order valence-electron chi connectivity index (χ0n) is 27.4. The number of nitrogens with zero attached hydrogens (tertiary/aromatic N) is 5. The van der Waals surface area contributed by atoms with Crippen molar-refractivity contribution in [1.82, 2.24) is 29.9 Å². The second-order valence-corrected chi connectivity index (χ2v) is 16.1. The summed E-state index contributed by atoms with van der Waals surface area (Å²) in [6, 6.07) is 21.8. The van der Waals surface area contributed by atoms with E-state index in [4.69, 9.17) is 20.9 Å². The van der Waals surface area contributed by atoms with Crippen molar-refractivity contribution in [3.8, 4) is 34.0 Å². The number of ether oxygens (including phenoxy) is 2. The quantitative estimate of drug-likeness (QED) is 0.126. The van der Waals surface area contributed by atoms with E-state index < -0.39 is 41.5 Å². The number of sulfone groups is 1. The molecule has 0 radical (unpaired) electrons. The maximum absolute atomic E-state index is 14.5. The number of hydrogen-bond donors (Lipinski definition) is 4. The first-order valence-electron chi connectivity index (χ1n) is 15.4. The molecule has 6 N–H and O–H groups in total. The molecule has 0 bridgehead atoms. The van der Waals surface area contributed by atoms with Crippen LogP contribution < -0.4 is 25.7 Å². The van der Waals surface area contributed by atoms with Gasteiger partial charge in [-0.2, -0.15) is 4.80 Å². The van der Waals surface area contributed by atoms with E-state index in [0.29, 0.717) is 28.1 Å². The molecule has 266 valence electrons. The Morgan fingerprint density at radius 2 is 1.57 bits per heavy atom. The number of rotatable bonds is 14. The number of aliphatic hydroxyl groups excluding tert-OH is 1. The van der Waals surface area contributed by atoms with Crippen LogP contribution in [-0.2, 0) is 33.0 Å². The molecule has 6 aromatic rings. The van der Waals surface area contributed by atoms with E-state index in [-0.39, 0.29) is 41.7 Å². The number of fused-ring (bicyclic) bond motifs is 1. The highest BCUT2D eigenvalue weighted by molar-refractivity contribution is 7.93. The van der Waals surface area contributed by atoms with Gasteiger partial charge in [0.05, 0.1) is 53.3 Å². The van der Waals surface area contributed by atoms with E-state index in [2.05, 4.69) is 25.1 Å². The Kier molecular flexibility index (Phi) is 10.3. The first kappa shape index (κ1) is 35.8. The van der Waals surface area contributed by atoms with Crippen LogP contribution in [0.2, 0.25) is 0 Å². The molecule has 0 aliphatic carbocycles. The van der Waals surface area contributed by atoms with Gasteiger partial charge in [-0.25, -0.2) is 26.5 Å². The van der Waals surface area contributed by atoms with Gasteiger partial charge in [-0.05, 0) is 58.3 Å². The Hall–Kier alpha value is -4.98. The van der Waals surface area contributed by atoms with Gasteiger partial charge in [-0.1, -0.05) is 53.8 Å². The molecule has 6 rings (SSSR count). The zero-order chi connectivity index (χ0) is 36.3. The molecule has 0 spiro atoms. The fourth-order valence-corrected chi connectivity index (χ4v) is 9.67. The van der Waals surface area contributed by atoms with Gasteiger partial charge in [0.15, 0.2) is 15.0 Å². The Morgan fingerprint density at radius 3 is 2.22 bits per heavy atom. The lowest BCUT2D eigenvalue weighted by atomic mass is 9.98. The maximum Gasteiger partial charge on any atom is 0.242 e. The average Bonchev–Trinajstić information content (AvgIpc) is 3.76. The molecule has 2 heterocycles. The number of nitrogens with one attached hydrogen (secondary N) is 1. The highest BCUT2D eigenvalue weighted by Crippen LogP contribution is 2.42. The number of aliphatic hydroxyl groups is 1. The highest BCUT2D eigenvalue weighted by Gasteiger charge is 2.35. The third-order valence-corrected chi connectivity index (χ3v) is 12.2. The predicted octanol–water partition coefficient (Wildman–Crippen LogP) is 2.84.